The highest BCUT2D eigenvalue weighted by Crippen LogP contribution is 2.31. The van der Waals surface area contributed by atoms with E-state index in [1.165, 1.54) is 11.1 Å². The van der Waals surface area contributed by atoms with Crippen molar-refractivity contribution in [2.75, 3.05) is 6.54 Å². The van der Waals surface area contributed by atoms with Crippen LogP contribution in [0.1, 0.15) is 52.9 Å². The zero-order chi connectivity index (χ0) is 14.1. The highest BCUT2D eigenvalue weighted by molar-refractivity contribution is 6.03. The SMILES string of the molecule is Cc1cc(C)c(C)c(C(=O)C(C)(C)CCN)c1C. The van der Waals surface area contributed by atoms with Crippen molar-refractivity contribution in [1.29, 1.82) is 0 Å². The summed E-state index contributed by atoms with van der Waals surface area (Å²) in [5.41, 5.74) is 10.7. The first-order chi connectivity index (χ1) is 8.22. The number of carbonyl (C=O) groups is 1. The molecule has 1 rings (SSSR count). The molecule has 0 radical (unpaired) electrons. The van der Waals surface area contributed by atoms with Gasteiger partial charge in [0.25, 0.3) is 0 Å². The Hall–Kier alpha value is -1.15. The van der Waals surface area contributed by atoms with Gasteiger partial charge in [0.05, 0.1) is 0 Å². The van der Waals surface area contributed by atoms with Gasteiger partial charge in [0, 0.05) is 11.0 Å². The summed E-state index contributed by atoms with van der Waals surface area (Å²) in [6.07, 6.45) is 0.720. The molecule has 0 unspecified atom stereocenters. The summed E-state index contributed by atoms with van der Waals surface area (Å²) in [4.78, 5) is 12.7. The second-order valence-electron chi connectivity index (χ2n) is 5.89. The Morgan fingerprint density at radius 3 is 1.94 bits per heavy atom. The lowest BCUT2D eigenvalue weighted by molar-refractivity contribution is 0.0828. The number of ketones is 1. The van der Waals surface area contributed by atoms with Crippen LogP contribution in [-0.2, 0) is 0 Å². The van der Waals surface area contributed by atoms with Gasteiger partial charge >= 0.3 is 0 Å². The second kappa shape index (κ2) is 5.23. The molecule has 0 fully saturated rings. The van der Waals surface area contributed by atoms with Crippen molar-refractivity contribution >= 4 is 5.78 Å². The molecular formula is C16H25NO. The predicted molar refractivity (Wildman–Crippen MR) is 77.2 cm³/mol. The molecule has 0 amide bonds. The van der Waals surface area contributed by atoms with E-state index in [4.69, 9.17) is 5.73 Å². The third-order valence-corrected chi connectivity index (χ3v) is 3.98. The predicted octanol–water partition coefficient (Wildman–Crippen LogP) is 3.48. The zero-order valence-electron chi connectivity index (χ0n) is 12.5. The Balaban J connectivity index is 3.38. The van der Waals surface area contributed by atoms with E-state index < -0.39 is 0 Å². The summed E-state index contributed by atoms with van der Waals surface area (Å²) in [5, 5.41) is 0. The average molecular weight is 247 g/mol. The van der Waals surface area contributed by atoms with Gasteiger partial charge in [0.2, 0.25) is 0 Å². The van der Waals surface area contributed by atoms with Crippen LogP contribution >= 0.6 is 0 Å². The van der Waals surface area contributed by atoms with Crippen LogP contribution in [0.3, 0.4) is 0 Å². The van der Waals surface area contributed by atoms with Gasteiger partial charge in [0.1, 0.15) is 0 Å². The molecule has 1 aromatic rings. The molecule has 100 valence electrons. The summed E-state index contributed by atoms with van der Waals surface area (Å²) >= 11 is 0. The molecule has 0 aliphatic carbocycles. The molecule has 0 bridgehead atoms. The van der Waals surface area contributed by atoms with Crippen LogP contribution in [0.2, 0.25) is 0 Å². The van der Waals surface area contributed by atoms with E-state index >= 15 is 0 Å². The van der Waals surface area contributed by atoms with E-state index in [2.05, 4.69) is 19.9 Å². The Morgan fingerprint density at radius 2 is 1.56 bits per heavy atom. The molecule has 0 aliphatic rings. The Morgan fingerprint density at radius 1 is 1.11 bits per heavy atom. The summed E-state index contributed by atoms with van der Waals surface area (Å²) in [6, 6.07) is 2.15. The van der Waals surface area contributed by atoms with Crippen molar-refractivity contribution in [2.24, 2.45) is 11.1 Å². The molecule has 0 atom stereocenters. The van der Waals surface area contributed by atoms with Gasteiger partial charge in [-0.2, -0.15) is 0 Å². The van der Waals surface area contributed by atoms with Gasteiger partial charge in [-0.1, -0.05) is 19.9 Å². The van der Waals surface area contributed by atoms with Crippen molar-refractivity contribution in [1.82, 2.24) is 0 Å². The molecule has 0 heterocycles. The molecule has 0 aromatic heterocycles. The molecule has 2 N–H and O–H groups in total. The fraction of sp³-hybridized carbons (Fsp3) is 0.562. The van der Waals surface area contributed by atoms with E-state index in [9.17, 15) is 4.79 Å². The maximum absolute atomic E-state index is 12.7. The highest BCUT2D eigenvalue weighted by atomic mass is 16.1. The monoisotopic (exact) mass is 247 g/mol. The molecule has 0 spiro atoms. The number of rotatable bonds is 4. The fourth-order valence-corrected chi connectivity index (χ4v) is 2.37. The third kappa shape index (κ3) is 2.64. The van der Waals surface area contributed by atoms with Crippen LogP contribution in [0.4, 0.5) is 0 Å². The lowest BCUT2D eigenvalue weighted by Gasteiger charge is -2.25. The van der Waals surface area contributed by atoms with Crippen molar-refractivity contribution in [3.05, 3.63) is 33.9 Å². The Labute approximate surface area is 111 Å². The van der Waals surface area contributed by atoms with Crippen LogP contribution in [0.15, 0.2) is 6.07 Å². The second-order valence-corrected chi connectivity index (χ2v) is 5.89. The van der Waals surface area contributed by atoms with Crippen molar-refractivity contribution in [3.63, 3.8) is 0 Å². The highest BCUT2D eigenvalue weighted by Gasteiger charge is 2.30. The average Bonchev–Trinajstić information content (AvgIpc) is 2.26. The normalized spacial score (nSPS) is 11.7. The first-order valence-electron chi connectivity index (χ1n) is 6.54. The first kappa shape index (κ1) is 14.9. The molecule has 0 saturated heterocycles. The topological polar surface area (TPSA) is 43.1 Å². The zero-order valence-corrected chi connectivity index (χ0v) is 12.5. The van der Waals surface area contributed by atoms with Crippen LogP contribution in [0.25, 0.3) is 0 Å². The lowest BCUT2D eigenvalue weighted by atomic mass is 9.77. The van der Waals surface area contributed by atoms with Gasteiger partial charge in [-0.15, -0.1) is 0 Å². The maximum Gasteiger partial charge on any atom is 0.169 e. The fourth-order valence-electron chi connectivity index (χ4n) is 2.37. The third-order valence-electron chi connectivity index (χ3n) is 3.98. The van der Waals surface area contributed by atoms with Gasteiger partial charge in [-0.25, -0.2) is 0 Å². The molecule has 18 heavy (non-hydrogen) atoms. The minimum Gasteiger partial charge on any atom is -0.330 e. The van der Waals surface area contributed by atoms with Crippen LogP contribution in [0.5, 0.6) is 0 Å². The number of Topliss-reactive ketones (excluding diaryl/α,β-unsaturated/α-hetero) is 1. The standard InChI is InChI=1S/C16H25NO/c1-10-9-11(2)13(4)14(12(10)3)15(18)16(5,6)7-8-17/h9H,7-8,17H2,1-6H3. The maximum atomic E-state index is 12.7. The van der Waals surface area contributed by atoms with Crippen molar-refractivity contribution in [2.45, 2.75) is 48.0 Å². The van der Waals surface area contributed by atoms with E-state index in [1.807, 2.05) is 27.7 Å². The minimum atomic E-state index is -0.384. The largest absolute Gasteiger partial charge is 0.330 e. The minimum absolute atomic E-state index is 0.217. The summed E-state index contributed by atoms with van der Waals surface area (Å²) in [5.74, 6) is 0.217. The van der Waals surface area contributed by atoms with Crippen molar-refractivity contribution < 1.29 is 4.79 Å². The smallest absolute Gasteiger partial charge is 0.169 e. The molecule has 2 nitrogen and oxygen atoms in total. The van der Waals surface area contributed by atoms with E-state index in [0.29, 0.717) is 6.54 Å². The Kier molecular flexibility index (Phi) is 4.33. The van der Waals surface area contributed by atoms with Gasteiger partial charge < -0.3 is 5.73 Å². The van der Waals surface area contributed by atoms with E-state index in [0.717, 1.165) is 23.1 Å². The van der Waals surface area contributed by atoms with Crippen LogP contribution in [-0.4, -0.2) is 12.3 Å². The molecule has 2 heteroatoms. The van der Waals surface area contributed by atoms with Gasteiger partial charge in [-0.05, 0) is 62.9 Å². The molecule has 0 aliphatic heterocycles. The van der Waals surface area contributed by atoms with Gasteiger partial charge in [-0.3, -0.25) is 4.79 Å². The van der Waals surface area contributed by atoms with Crippen LogP contribution < -0.4 is 5.73 Å². The van der Waals surface area contributed by atoms with E-state index in [1.54, 1.807) is 0 Å². The van der Waals surface area contributed by atoms with Gasteiger partial charge in [0.15, 0.2) is 5.78 Å². The molecule has 1 aromatic carbocycles. The lowest BCUT2D eigenvalue weighted by Crippen LogP contribution is -2.29. The number of nitrogens with two attached hydrogens (primary N) is 1. The number of aryl methyl sites for hydroxylation is 2. The van der Waals surface area contributed by atoms with Crippen LogP contribution in [0, 0.1) is 33.1 Å². The quantitative estimate of drug-likeness (QED) is 0.828. The number of carbonyl (C=O) groups excluding carboxylic acids is 1. The summed E-state index contributed by atoms with van der Waals surface area (Å²) < 4.78 is 0. The summed E-state index contributed by atoms with van der Waals surface area (Å²) in [6.45, 7) is 12.7. The number of benzene rings is 1. The van der Waals surface area contributed by atoms with E-state index in [-0.39, 0.29) is 11.2 Å². The number of hydrogen-bond acceptors (Lipinski definition) is 2. The number of hydrogen-bond donors (Lipinski definition) is 1. The first-order valence-corrected chi connectivity index (χ1v) is 6.54. The molecule has 0 saturated carbocycles. The van der Waals surface area contributed by atoms with Crippen molar-refractivity contribution in [3.8, 4) is 0 Å². The summed E-state index contributed by atoms with van der Waals surface area (Å²) in [7, 11) is 0. The Bertz CT molecular complexity index is 446. The molecular weight excluding hydrogens is 222 g/mol.